The minimum atomic E-state index is -0.265. The molecule has 7 nitrogen and oxygen atoms in total. The highest BCUT2D eigenvalue weighted by Crippen LogP contribution is 2.23. The average Bonchev–Trinajstić information content (AvgIpc) is 2.69. The van der Waals surface area contributed by atoms with Gasteiger partial charge >= 0.3 is 0 Å². The van der Waals surface area contributed by atoms with Crippen LogP contribution in [-0.4, -0.2) is 34.8 Å². The molecular formula is C13H13N5O2. The summed E-state index contributed by atoms with van der Waals surface area (Å²) >= 11 is 0. The number of amides is 1. The zero-order valence-electron chi connectivity index (χ0n) is 10.9. The zero-order valence-corrected chi connectivity index (χ0v) is 10.9. The second-order valence-electron chi connectivity index (χ2n) is 4.16. The van der Waals surface area contributed by atoms with E-state index < -0.39 is 0 Å². The number of nitrogens with zero attached hydrogens (tertiary/aromatic N) is 5. The Morgan fingerprint density at radius 2 is 2.25 bits per heavy atom. The van der Waals surface area contributed by atoms with E-state index in [-0.39, 0.29) is 30.4 Å². The monoisotopic (exact) mass is 271 g/mol. The van der Waals surface area contributed by atoms with Crippen LogP contribution in [0, 0.1) is 0 Å². The number of rotatable bonds is 4. The van der Waals surface area contributed by atoms with Gasteiger partial charge in [0, 0.05) is 23.6 Å². The lowest BCUT2D eigenvalue weighted by molar-refractivity contribution is -0.122. The number of aliphatic imine (C=N–C) groups is 1. The topological polar surface area (TPSA) is 102 Å². The number of hydrogen-bond acceptors (Lipinski definition) is 4. The van der Waals surface area contributed by atoms with Crippen LogP contribution in [0.5, 0.6) is 5.75 Å². The number of benzene rings is 1. The fourth-order valence-corrected chi connectivity index (χ4v) is 1.87. The van der Waals surface area contributed by atoms with Crippen LogP contribution < -0.4 is 0 Å². The maximum Gasteiger partial charge on any atom is 0.277 e. The lowest BCUT2D eigenvalue weighted by Gasteiger charge is -2.13. The molecular weight excluding hydrogens is 258 g/mol. The van der Waals surface area contributed by atoms with Crippen molar-refractivity contribution in [1.29, 1.82) is 0 Å². The van der Waals surface area contributed by atoms with Crippen LogP contribution in [0.2, 0.25) is 0 Å². The Morgan fingerprint density at radius 1 is 1.50 bits per heavy atom. The van der Waals surface area contributed by atoms with E-state index >= 15 is 0 Å². The first-order chi connectivity index (χ1) is 9.63. The molecule has 0 aliphatic carbocycles. The van der Waals surface area contributed by atoms with Crippen molar-refractivity contribution in [1.82, 2.24) is 4.90 Å². The number of amidine groups is 1. The summed E-state index contributed by atoms with van der Waals surface area (Å²) in [6.45, 7) is 2.19. The molecule has 1 amide bonds. The van der Waals surface area contributed by atoms with E-state index in [4.69, 9.17) is 5.53 Å². The van der Waals surface area contributed by atoms with E-state index in [1.54, 1.807) is 31.2 Å². The third-order valence-corrected chi connectivity index (χ3v) is 2.85. The normalized spacial score (nSPS) is 16.2. The van der Waals surface area contributed by atoms with E-state index in [1.165, 1.54) is 11.0 Å². The molecule has 1 N–H and O–H groups in total. The van der Waals surface area contributed by atoms with Crippen LogP contribution >= 0.6 is 0 Å². The molecule has 102 valence electrons. The van der Waals surface area contributed by atoms with E-state index in [1.807, 2.05) is 0 Å². The molecule has 1 aromatic rings. The second-order valence-corrected chi connectivity index (χ2v) is 4.16. The summed E-state index contributed by atoms with van der Waals surface area (Å²) < 4.78 is 0. The Labute approximate surface area is 115 Å². The lowest BCUT2D eigenvalue weighted by Crippen LogP contribution is -2.32. The molecule has 0 spiro atoms. The second kappa shape index (κ2) is 5.90. The number of aromatic hydroxyl groups is 1. The van der Waals surface area contributed by atoms with Gasteiger partial charge in [0.25, 0.3) is 5.91 Å². The molecule has 0 fully saturated rings. The molecule has 0 saturated carbocycles. The maximum absolute atomic E-state index is 12.2. The number of carbonyl (C=O) groups is 1. The Balaban J connectivity index is 2.22. The van der Waals surface area contributed by atoms with Gasteiger partial charge in [-0.05, 0) is 24.6 Å². The molecule has 0 bridgehead atoms. The smallest absolute Gasteiger partial charge is 0.277 e. The van der Waals surface area contributed by atoms with Crippen molar-refractivity contribution < 1.29 is 9.90 Å². The Bertz CT molecular complexity index is 644. The average molecular weight is 271 g/mol. The molecule has 20 heavy (non-hydrogen) atoms. The van der Waals surface area contributed by atoms with Crippen molar-refractivity contribution in [2.45, 2.75) is 6.92 Å². The highest BCUT2D eigenvalue weighted by atomic mass is 16.3. The summed E-state index contributed by atoms with van der Waals surface area (Å²) in [5, 5.41) is 13.1. The fourth-order valence-electron chi connectivity index (χ4n) is 1.87. The fraction of sp³-hybridized carbons (Fsp3) is 0.231. The van der Waals surface area contributed by atoms with Crippen molar-refractivity contribution in [3.8, 4) is 5.75 Å². The number of para-hydroxylation sites is 1. The molecule has 1 aliphatic heterocycles. The number of phenols is 1. The predicted molar refractivity (Wildman–Crippen MR) is 74.9 cm³/mol. The van der Waals surface area contributed by atoms with Crippen LogP contribution in [-0.2, 0) is 4.79 Å². The molecule has 0 aromatic heterocycles. The van der Waals surface area contributed by atoms with Gasteiger partial charge < -0.3 is 5.11 Å². The SMILES string of the molecule is CC1=N/C(=C\c2ccccc2O)C(=O)N1CCN=[N+]=[N-]. The summed E-state index contributed by atoms with van der Waals surface area (Å²) in [7, 11) is 0. The summed E-state index contributed by atoms with van der Waals surface area (Å²) in [4.78, 5) is 20.4. The first kappa shape index (κ1) is 13.6. The largest absolute Gasteiger partial charge is 0.507 e. The van der Waals surface area contributed by atoms with E-state index in [0.29, 0.717) is 11.4 Å². The summed E-state index contributed by atoms with van der Waals surface area (Å²) in [6.07, 6.45) is 1.54. The lowest BCUT2D eigenvalue weighted by atomic mass is 10.1. The Hall–Kier alpha value is -2.79. The van der Waals surface area contributed by atoms with Crippen LogP contribution in [0.1, 0.15) is 12.5 Å². The van der Waals surface area contributed by atoms with E-state index in [2.05, 4.69) is 15.0 Å². The van der Waals surface area contributed by atoms with Gasteiger partial charge in [-0.15, -0.1) is 0 Å². The van der Waals surface area contributed by atoms with Crippen LogP contribution in [0.25, 0.3) is 16.5 Å². The van der Waals surface area contributed by atoms with Gasteiger partial charge in [0.15, 0.2) is 0 Å². The maximum atomic E-state index is 12.2. The minimum Gasteiger partial charge on any atom is -0.507 e. The highest BCUT2D eigenvalue weighted by molar-refractivity contribution is 6.13. The zero-order chi connectivity index (χ0) is 14.5. The number of carbonyl (C=O) groups excluding carboxylic acids is 1. The summed E-state index contributed by atoms with van der Waals surface area (Å²) in [5.41, 5.74) is 9.02. The Kier molecular flexibility index (Phi) is 4.02. The summed E-state index contributed by atoms with van der Waals surface area (Å²) in [5.74, 6) is 0.372. The standard InChI is InChI=1S/C13H13N5O2/c1-9-16-11(8-10-4-2-3-5-12(10)19)13(20)18(9)7-6-15-17-14/h2-5,8,19H,6-7H2,1H3/b11-8-. The molecule has 0 atom stereocenters. The molecule has 1 aromatic carbocycles. The van der Waals surface area contributed by atoms with Gasteiger partial charge in [-0.3, -0.25) is 9.69 Å². The number of azide groups is 1. The number of hydrogen-bond donors (Lipinski definition) is 1. The van der Waals surface area contributed by atoms with Crippen LogP contribution in [0.4, 0.5) is 0 Å². The Morgan fingerprint density at radius 3 is 2.95 bits per heavy atom. The predicted octanol–water partition coefficient (Wildman–Crippen LogP) is 2.30. The van der Waals surface area contributed by atoms with Gasteiger partial charge in [0.2, 0.25) is 0 Å². The molecule has 1 aliphatic rings. The quantitative estimate of drug-likeness (QED) is 0.393. The van der Waals surface area contributed by atoms with Crippen molar-refractivity contribution in [3.63, 3.8) is 0 Å². The van der Waals surface area contributed by atoms with E-state index in [0.717, 1.165) is 0 Å². The molecule has 2 rings (SSSR count). The third kappa shape index (κ3) is 2.78. The van der Waals surface area contributed by atoms with Gasteiger partial charge in [0.1, 0.15) is 17.3 Å². The third-order valence-electron chi connectivity index (χ3n) is 2.85. The summed E-state index contributed by atoms with van der Waals surface area (Å²) in [6, 6.07) is 6.71. The van der Waals surface area contributed by atoms with Gasteiger partial charge in [-0.1, -0.05) is 23.3 Å². The minimum absolute atomic E-state index is 0.0909. The molecule has 0 radical (unpaired) electrons. The van der Waals surface area contributed by atoms with Crippen molar-refractivity contribution in [3.05, 3.63) is 46.0 Å². The number of phenolic OH excluding ortho intramolecular Hbond substituents is 1. The van der Waals surface area contributed by atoms with Crippen LogP contribution in [0.3, 0.4) is 0 Å². The molecule has 0 saturated heterocycles. The van der Waals surface area contributed by atoms with Crippen molar-refractivity contribution >= 4 is 17.8 Å². The van der Waals surface area contributed by atoms with Crippen LogP contribution in [0.15, 0.2) is 40.1 Å². The van der Waals surface area contributed by atoms with E-state index in [9.17, 15) is 9.90 Å². The van der Waals surface area contributed by atoms with Gasteiger partial charge in [0.05, 0.1) is 0 Å². The molecule has 1 heterocycles. The highest BCUT2D eigenvalue weighted by Gasteiger charge is 2.26. The van der Waals surface area contributed by atoms with Gasteiger partial charge in [-0.25, -0.2) is 4.99 Å². The van der Waals surface area contributed by atoms with Gasteiger partial charge in [-0.2, -0.15) is 0 Å². The van der Waals surface area contributed by atoms with Crippen molar-refractivity contribution in [2.24, 2.45) is 10.1 Å². The van der Waals surface area contributed by atoms with Crippen molar-refractivity contribution in [2.75, 3.05) is 13.1 Å². The molecule has 7 heteroatoms. The first-order valence-corrected chi connectivity index (χ1v) is 6.01. The first-order valence-electron chi connectivity index (χ1n) is 6.01. The molecule has 0 unspecified atom stereocenters.